The molecular formula is C12H13N5. The number of aromatic nitrogens is 4. The van der Waals surface area contributed by atoms with Crippen LogP contribution in [0.5, 0.6) is 0 Å². The molecule has 1 aliphatic rings. The molecule has 0 unspecified atom stereocenters. The van der Waals surface area contributed by atoms with E-state index in [9.17, 15) is 0 Å². The van der Waals surface area contributed by atoms with Crippen LogP contribution in [0.15, 0.2) is 18.6 Å². The fraction of sp³-hybridized carbons (Fsp3) is 0.333. The lowest BCUT2D eigenvalue weighted by Gasteiger charge is -2.07. The molecule has 5 nitrogen and oxygen atoms in total. The van der Waals surface area contributed by atoms with Gasteiger partial charge in [0.15, 0.2) is 5.82 Å². The van der Waals surface area contributed by atoms with Crippen LogP contribution in [0.4, 0.5) is 0 Å². The fourth-order valence-electron chi connectivity index (χ4n) is 2.07. The third kappa shape index (κ3) is 1.78. The number of aryl methyl sites for hydroxylation is 1. The summed E-state index contributed by atoms with van der Waals surface area (Å²) in [5, 5.41) is 3.31. The molecule has 0 saturated heterocycles. The number of rotatable bonds is 2. The molecule has 0 bridgehead atoms. The molecule has 86 valence electrons. The maximum atomic E-state index is 4.59. The molecule has 0 spiro atoms. The molecule has 17 heavy (non-hydrogen) atoms. The number of hydrogen-bond acceptors (Lipinski definition) is 5. The van der Waals surface area contributed by atoms with Gasteiger partial charge in [0.2, 0.25) is 0 Å². The Balaban J connectivity index is 2.13. The van der Waals surface area contributed by atoms with Crippen molar-refractivity contribution in [3.8, 4) is 11.5 Å². The van der Waals surface area contributed by atoms with E-state index in [1.807, 2.05) is 6.07 Å². The van der Waals surface area contributed by atoms with Crippen molar-refractivity contribution in [1.29, 1.82) is 0 Å². The highest BCUT2D eigenvalue weighted by Gasteiger charge is 2.18. The SMILES string of the molecule is CCc1nc(-c2ccncn2)nc2c1CNC2. The van der Waals surface area contributed by atoms with Crippen LogP contribution in [0.25, 0.3) is 11.5 Å². The molecule has 3 rings (SSSR count). The minimum absolute atomic E-state index is 0.701. The van der Waals surface area contributed by atoms with Gasteiger partial charge in [-0.3, -0.25) is 0 Å². The lowest BCUT2D eigenvalue weighted by Crippen LogP contribution is -2.03. The van der Waals surface area contributed by atoms with E-state index in [1.54, 1.807) is 6.20 Å². The van der Waals surface area contributed by atoms with Gasteiger partial charge >= 0.3 is 0 Å². The fourth-order valence-corrected chi connectivity index (χ4v) is 2.07. The van der Waals surface area contributed by atoms with Crippen LogP contribution < -0.4 is 5.32 Å². The van der Waals surface area contributed by atoms with Gasteiger partial charge in [0.25, 0.3) is 0 Å². The Morgan fingerprint density at radius 2 is 2.24 bits per heavy atom. The topological polar surface area (TPSA) is 63.6 Å². The van der Waals surface area contributed by atoms with E-state index in [4.69, 9.17) is 0 Å². The monoisotopic (exact) mass is 227 g/mol. The summed E-state index contributed by atoms with van der Waals surface area (Å²) in [5.41, 5.74) is 4.26. The molecular weight excluding hydrogens is 214 g/mol. The highest BCUT2D eigenvalue weighted by Crippen LogP contribution is 2.21. The van der Waals surface area contributed by atoms with E-state index < -0.39 is 0 Å². The van der Waals surface area contributed by atoms with Crippen molar-refractivity contribution < 1.29 is 0 Å². The van der Waals surface area contributed by atoms with Gasteiger partial charge in [-0.2, -0.15) is 0 Å². The smallest absolute Gasteiger partial charge is 0.178 e. The second-order valence-corrected chi connectivity index (χ2v) is 3.97. The molecule has 2 aromatic heterocycles. The van der Waals surface area contributed by atoms with Crippen LogP contribution >= 0.6 is 0 Å². The Bertz CT molecular complexity index is 538. The van der Waals surface area contributed by atoms with E-state index in [1.165, 1.54) is 11.9 Å². The molecule has 0 aliphatic carbocycles. The predicted molar refractivity (Wildman–Crippen MR) is 63.0 cm³/mol. The second kappa shape index (κ2) is 4.18. The van der Waals surface area contributed by atoms with Crippen LogP contribution in [-0.4, -0.2) is 19.9 Å². The van der Waals surface area contributed by atoms with Crippen LogP contribution in [0, 0.1) is 0 Å². The van der Waals surface area contributed by atoms with E-state index in [2.05, 4.69) is 32.2 Å². The maximum absolute atomic E-state index is 4.59. The molecule has 5 heteroatoms. The van der Waals surface area contributed by atoms with Crippen molar-refractivity contribution in [2.75, 3.05) is 0 Å². The largest absolute Gasteiger partial charge is 0.307 e. The third-order valence-corrected chi connectivity index (χ3v) is 2.92. The van der Waals surface area contributed by atoms with Gasteiger partial charge in [-0.1, -0.05) is 6.92 Å². The molecule has 0 radical (unpaired) electrons. The first kappa shape index (κ1) is 10.3. The van der Waals surface area contributed by atoms with Crippen molar-refractivity contribution in [3.05, 3.63) is 35.5 Å². The Hall–Kier alpha value is -1.88. The lowest BCUT2D eigenvalue weighted by molar-refractivity contribution is 0.755. The summed E-state index contributed by atoms with van der Waals surface area (Å²) in [6.45, 7) is 3.82. The molecule has 1 aliphatic heterocycles. The van der Waals surface area contributed by atoms with E-state index in [0.717, 1.165) is 36.6 Å². The van der Waals surface area contributed by atoms with Gasteiger partial charge in [-0.15, -0.1) is 0 Å². The predicted octanol–water partition coefficient (Wildman–Crippen LogP) is 1.10. The summed E-state index contributed by atoms with van der Waals surface area (Å²) in [7, 11) is 0. The molecule has 3 heterocycles. The molecule has 0 fully saturated rings. The van der Waals surface area contributed by atoms with Crippen LogP contribution in [0.2, 0.25) is 0 Å². The minimum atomic E-state index is 0.701. The summed E-state index contributed by atoms with van der Waals surface area (Å²) >= 11 is 0. The van der Waals surface area contributed by atoms with Crippen LogP contribution in [0.1, 0.15) is 23.9 Å². The average molecular weight is 227 g/mol. The minimum Gasteiger partial charge on any atom is -0.307 e. The van der Waals surface area contributed by atoms with Crippen molar-refractivity contribution in [2.24, 2.45) is 0 Å². The molecule has 0 saturated carbocycles. The maximum Gasteiger partial charge on any atom is 0.178 e. The zero-order chi connectivity index (χ0) is 11.7. The van der Waals surface area contributed by atoms with Crippen LogP contribution in [0.3, 0.4) is 0 Å². The first-order chi connectivity index (χ1) is 8.38. The van der Waals surface area contributed by atoms with Gasteiger partial charge in [0.05, 0.1) is 5.69 Å². The second-order valence-electron chi connectivity index (χ2n) is 3.97. The van der Waals surface area contributed by atoms with Gasteiger partial charge in [-0.25, -0.2) is 19.9 Å². The highest BCUT2D eigenvalue weighted by molar-refractivity contribution is 5.50. The molecule has 2 aromatic rings. The molecule has 1 N–H and O–H groups in total. The number of nitrogens with zero attached hydrogens (tertiary/aromatic N) is 4. The zero-order valence-corrected chi connectivity index (χ0v) is 9.64. The summed E-state index contributed by atoms with van der Waals surface area (Å²) in [6.07, 6.45) is 4.16. The first-order valence-electron chi connectivity index (χ1n) is 5.74. The van der Waals surface area contributed by atoms with E-state index in [-0.39, 0.29) is 0 Å². The Labute approximate surface area is 99.4 Å². The Morgan fingerprint density at radius 3 is 3.00 bits per heavy atom. The standard InChI is InChI=1S/C12H13N5/c1-2-9-8-5-14-6-11(8)17-12(16-9)10-3-4-13-7-15-10/h3-4,7,14H,2,5-6H2,1H3. The number of hydrogen-bond donors (Lipinski definition) is 1. The summed E-state index contributed by atoms with van der Waals surface area (Å²) in [5.74, 6) is 0.701. The van der Waals surface area contributed by atoms with Crippen molar-refractivity contribution in [3.63, 3.8) is 0 Å². The van der Waals surface area contributed by atoms with Gasteiger partial charge in [0, 0.05) is 30.5 Å². The van der Waals surface area contributed by atoms with Crippen LogP contribution in [-0.2, 0) is 19.5 Å². The summed E-state index contributed by atoms with van der Waals surface area (Å²) < 4.78 is 0. The number of fused-ring (bicyclic) bond motifs is 1. The third-order valence-electron chi connectivity index (χ3n) is 2.92. The van der Waals surface area contributed by atoms with Crippen molar-refractivity contribution in [1.82, 2.24) is 25.3 Å². The van der Waals surface area contributed by atoms with Crippen molar-refractivity contribution >= 4 is 0 Å². The summed E-state index contributed by atoms with van der Waals surface area (Å²) in [6, 6.07) is 1.84. The first-order valence-corrected chi connectivity index (χ1v) is 5.74. The van der Waals surface area contributed by atoms with E-state index >= 15 is 0 Å². The summed E-state index contributed by atoms with van der Waals surface area (Å²) in [4.78, 5) is 17.3. The van der Waals surface area contributed by atoms with Gasteiger partial charge in [0.1, 0.15) is 12.0 Å². The van der Waals surface area contributed by atoms with Gasteiger partial charge < -0.3 is 5.32 Å². The average Bonchev–Trinajstić information content (AvgIpc) is 2.86. The zero-order valence-electron chi connectivity index (χ0n) is 9.64. The van der Waals surface area contributed by atoms with E-state index in [0.29, 0.717) is 5.82 Å². The number of nitrogens with one attached hydrogen (secondary N) is 1. The molecule has 0 atom stereocenters. The Kier molecular flexibility index (Phi) is 2.53. The lowest BCUT2D eigenvalue weighted by atomic mass is 10.1. The quantitative estimate of drug-likeness (QED) is 0.832. The Morgan fingerprint density at radius 1 is 1.29 bits per heavy atom. The molecule has 0 aromatic carbocycles. The highest BCUT2D eigenvalue weighted by atomic mass is 15.0. The van der Waals surface area contributed by atoms with Crippen molar-refractivity contribution in [2.45, 2.75) is 26.4 Å². The normalized spacial score (nSPS) is 13.7. The molecule has 0 amide bonds. The van der Waals surface area contributed by atoms with Gasteiger partial charge in [-0.05, 0) is 12.5 Å².